The average Bonchev–Trinajstić information content (AvgIpc) is 2.88. The third kappa shape index (κ3) is 2.95. The van der Waals surface area contributed by atoms with E-state index in [0.29, 0.717) is 12.5 Å². The standard InChI is InChI=1S/C11H18N2S2/c1-8(6-12)10-7-15-11(13-10)5-9-3-2-4-14-9/h7-9H,2-6,12H2,1H3. The van der Waals surface area contributed by atoms with E-state index in [1.807, 2.05) is 0 Å². The minimum atomic E-state index is 0.409. The minimum absolute atomic E-state index is 0.409. The highest BCUT2D eigenvalue weighted by atomic mass is 32.2. The number of hydrogen-bond acceptors (Lipinski definition) is 4. The molecule has 1 aromatic heterocycles. The summed E-state index contributed by atoms with van der Waals surface area (Å²) in [5.74, 6) is 1.74. The van der Waals surface area contributed by atoms with E-state index in [2.05, 4.69) is 29.0 Å². The van der Waals surface area contributed by atoms with Crippen molar-refractivity contribution in [1.29, 1.82) is 0 Å². The SMILES string of the molecule is CC(CN)c1csc(CC2CCCS2)n1. The Morgan fingerprint density at radius 3 is 3.20 bits per heavy atom. The zero-order valence-electron chi connectivity index (χ0n) is 9.11. The zero-order chi connectivity index (χ0) is 10.7. The number of thioether (sulfide) groups is 1. The third-order valence-corrected chi connectivity index (χ3v) is 5.14. The molecular weight excluding hydrogens is 224 g/mol. The lowest BCUT2D eigenvalue weighted by molar-refractivity contribution is 0.734. The van der Waals surface area contributed by atoms with Crippen LogP contribution in [0.5, 0.6) is 0 Å². The largest absolute Gasteiger partial charge is 0.330 e. The highest BCUT2D eigenvalue weighted by Crippen LogP contribution is 2.30. The molecule has 0 aromatic carbocycles. The van der Waals surface area contributed by atoms with E-state index in [4.69, 9.17) is 5.73 Å². The van der Waals surface area contributed by atoms with Crippen LogP contribution in [-0.2, 0) is 6.42 Å². The maximum absolute atomic E-state index is 5.64. The van der Waals surface area contributed by atoms with Gasteiger partial charge in [0.2, 0.25) is 0 Å². The fourth-order valence-electron chi connectivity index (χ4n) is 1.77. The predicted molar refractivity (Wildman–Crippen MR) is 68.8 cm³/mol. The summed E-state index contributed by atoms with van der Waals surface area (Å²) in [5, 5.41) is 4.29. The molecule has 2 N–H and O–H groups in total. The van der Waals surface area contributed by atoms with Crippen molar-refractivity contribution in [3.8, 4) is 0 Å². The van der Waals surface area contributed by atoms with Gasteiger partial charge >= 0.3 is 0 Å². The van der Waals surface area contributed by atoms with Gasteiger partial charge < -0.3 is 5.73 Å². The molecule has 0 amide bonds. The van der Waals surface area contributed by atoms with Gasteiger partial charge in [-0.15, -0.1) is 11.3 Å². The van der Waals surface area contributed by atoms with Gasteiger partial charge in [0.25, 0.3) is 0 Å². The van der Waals surface area contributed by atoms with Crippen LogP contribution in [0, 0.1) is 0 Å². The Morgan fingerprint density at radius 2 is 2.53 bits per heavy atom. The average molecular weight is 242 g/mol. The third-order valence-electron chi connectivity index (χ3n) is 2.85. The number of hydrogen-bond donors (Lipinski definition) is 1. The van der Waals surface area contributed by atoms with Crippen LogP contribution in [0.1, 0.15) is 36.4 Å². The van der Waals surface area contributed by atoms with E-state index in [1.165, 1.54) is 29.3 Å². The molecule has 2 heterocycles. The lowest BCUT2D eigenvalue weighted by Gasteiger charge is -2.05. The molecule has 0 saturated carbocycles. The van der Waals surface area contributed by atoms with Gasteiger partial charge in [-0.25, -0.2) is 4.98 Å². The summed E-state index contributed by atoms with van der Waals surface area (Å²) in [7, 11) is 0. The van der Waals surface area contributed by atoms with Crippen LogP contribution in [0.2, 0.25) is 0 Å². The van der Waals surface area contributed by atoms with Crippen molar-refractivity contribution in [3.63, 3.8) is 0 Å². The summed E-state index contributed by atoms with van der Waals surface area (Å²) in [6.45, 7) is 2.84. The molecule has 4 heteroatoms. The second kappa shape index (κ2) is 5.32. The monoisotopic (exact) mass is 242 g/mol. The Labute approximate surface area is 99.7 Å². The van der Waals surface area contributed by atoms with Crippen LogP contribution in [-0.4, -0.2) is 22.5 Å². The number of thiazole rings is 1. The Kier molecular flexibility index (Phi) is 4.05. The second-order valence-electron chi connectivity index (χ2n) is 4.14. The number of aromatic nitrogens is 1. The van der Waals surface area contributed by atoms with Crippen molar-refractivity contribution in [2.75, 3.05) is 12.3 Å². The van der Waals surface area contributed by atoms with E-state index in [-0.39, 0.29) is 0 Å². The maximum Gasteiger partial charge on any atom is 0.0939 e. The van der Waals surface area contributed by atoms with Crippen LogP contribution in [0.15, 0.2) is 5.38 Å². The highest BCUT2D eigenvalue weighted by molar-refractivity contribution is 8.00. The highest BCUT2D eigenvalue weighted by Gasteiger charge is 2.18. The molecule has 2 rings (SSSR count). The van der Waals surface area contributed by atoms with Crippen LogP contribution in [0.4, 0.5) is 0 Å². The zero-order valence-corrected chi connectivity index (χ0v) is 10.7. The molecule has 2 nitrogen and oxygen atoms in total. The molecule has 84 valence electrons. The summed E-state index contributed by atoms with van der Waals surface area (Å²) in [6, 6.07) is 0. The van der Waals surface area contributed by atoms with Crippen molar-refractivity contribution in [2.24, 2.45) is 5.73 Å². The molecule has 1 saturated heterocycles. The molecule has 0 spiro atoms. The lowest BCUT2D eigenvalue weighted by Crippen LogP contribution is -2.09. The van der Waals surface area contributed by atoms with Gasteiger partial charge in [0.15, 0.2) is 0 Å². The van der Waals surface area contributed by atoms with Crippen molar-refractivity contribution in [1.82, 2.24) is 4.98 Å². The predicted octanol–water partition coefficient (Wildman–Crippen LogP) is 2.64. The van der Waals surface area contributed by atoms with Gasteiger partial charge in [-0.05, 0) is 18.6 Å². The fourth-order valence-corrected chi connectivity index (χ4v) is 4.14. The molecule has 1 aliphatic rings. The maximum atomic E-state index is 5.64. The molecule has 0 aliphatic carbocycles. The molecule has 0 radical (unpaired) electrons. The Balaban J connectivity index is 1.94. The van der Waals surface area contributed by atoms with Crippen molar-refractivity contribution >= 4 is 23.1 Å². The lowest BCUT2D eigenvalue weighted by atomic mass is 10.1. The molecule has 15 heavy (non-hydrogen) atoms. The number of rotatable bonds is 4. The van der Waals surface area contributed by atoms with Crippen LogP contribution >= 0.6 is 23.1 Å². The Hall–Kier alpha value is -0.0600. The smallest absolute Gasteiger partial charge is 0.0939 e. The van der Waals surface area contributed by atoms with E-state index in [0.717, 1.165) is 11.7 Å². The summed E-state index contributed by atoms with van der Waals surface area (Å²) in [6.07, 6.45) is 3.91. The van der Waals surface area contributed by atoms with Gasteiger partial charge in [0, 0.05) is 29.5 Å². The molecule has 2 unspecified atom stereocenters. The van der Waals surface area contributed by atoms with Crippen molar-refractivity contribution in [2.45, 2.75) is 37.4 Å². The van der Waals surface area contributed by atoms with E-state index in [1.54, 1.807) is 11.3 Å². The first-order valence-corrected chi connectivity index (χ1v) is 7.48. The summed E-state index contributed by atoms with van der Waals surface area (Å²) in [4.78, 5) is 4.67. The normalized spacial score (nSPS) is 23.2. The molecule has 1 fully saturated rings. The van der Waals surface area contributed by atoms with E-state index in [9.17, 15) is 0 Å². The van der Waals surface area contributed by atoms with Gasteiger partial charge in [-0.2, -0.15) is 11.8 Å². The fraction of sp³-hybridized carbons (Fsp3) is 0.727. The topological polar surface area (TPSA) is 38.9 Å². The summed E-state index contributed by atoms with van der Waals surface area (Å²) >= 11 is 3.90. The van der Waals surface area contributed by atoms with Crippen LogP contribution in [0.25, 0.3) is 0 Å². The number of nitrogens with zero attached hydrogens (tertiary/aromatic N) is 1. The second-order valence-corrected chi connectivity index (χ2v) is 6.49. The summed E-state index contributed by atoms with van der Waals surface area (Å²) < 4.78 is 0. The first kappa shape index (κ1) is 11.4. The van der Waals surface area contributed by atoms with Crippen molar-refractivity contribution in [3.05, 3.63) is 16.1 Å². The van der Waals surface area contributed by atoms with Gasteiger partial charge in [0.1, 0.15) is 0 Å². The van der Waals surface area contributed by atoms with Gasteiger partial charge in [-0.1, -0.05) is 6.92 Å². The van der Waals surface area contributed by atoms with Crippen molar-refractivity contribution < 1.29 is 0 Å². The van der Waals surface area contributed by atoms with Gasteiger partial charge in [-0.3, -0.25) is 0 Å². The van der Waals surface area contributed by atoms with Crippen LogP contribution in [0.3, 0.4) is 0 Å². The number of nitrogens with two attached hydrogens (primary N) is 1. The molecule has 1 aliphatic heterocycles. The van der Waals surface area contributed by atoms with E-state index >= 15 is 0 Å². The van der Waals surface area contributed by atoms with E-state index < -0.39 is 0 Å². The molecule has 0 bridgehead atoms. The minimum Gasteiger partial charge on any atom is -0.330 e. The van der Waals surface area contributed by atoms with Crippen LogP contribution < -0.4 is 5.73 Å². The van der Waals surface area contributed by atoms with Gasteiger partial charge in [0.05, 0.1) is 10.7 Å². The summed E-state index contributed by atoms with van der Waals surface area (Å²) in [5.41, 5.74) is 6.82. The first-order valence-electron chi connectivity index (χ1n) is 5.55. The molecular formula is C11H18N2S2. The Bertz CT molecular complexity index is 305. The quantitative estimate of drug-likeness (QED) is 0.882. The molecule has 1 aromatic rings. The first-order chi connectivity index (χ1) is 7.29. The molecule has 2 atom stereocenters. The Morgan fingerprint density at radius 1 is 1.67 bits per heavy atom.